The smallest absolute Gasteiger partial charge is 0.220 e. The number of nitrogens with one attached hydrogen (secondary N) is 1. The van der Waals surface area contributed by atoms with E-state index in [0.29, 0.717) is 19.4 Å². The van der Waals surface area contributed by atoms with Gasteiger partial charge >= 0.3 is 0 Å². The van der Waals surface area contributed by atoms with Crippen molar-refractivity contribution in [1.82, 2.24) is 5.32 Å². The molecular weight excluding hydrogens is 600 g/mol. The fourth-order valence-electron chi connectivity index (χ4n) is 5.02. The fraction of sp³-hybridized carbons (Fsp3) is 0.960. The van der Waals surface area contributed by atoms with Crippen LogP contribution in [0, 0.1) is 0 Å². The molecule has 258 valence electrons. The summed E-state index contributed by atoms with van der Waals surface area (Å²) in [5, 5.41) is 105. The molecule has 3 rings (SSSR count). The van der Waals surface area contributed by atoms with Gasteiger partial charge in [0.15, 0.2) is 18.9 Å². The van der Waals surface area contributed by atoms with Crippen molar-refractivity contribution in [3.63, 3.8) is 0 Å². The van der Waals surface area contributed by atoms with E-state index in [0.717, 1.165) is 0 Å². The molecule has 19 nitrogen and oxygen atoms in total. The van der Waals surface area contributed by atoms with Crippen LogP contribution >= 0.6 is 0 Å². The summed E-state index contributed by atoms with van der Waals surface area (Å²) in [4.78, 5) is 12.0. The van der Waals surface area contributed by atoms with E-state index in [2.05, 4.69) is 5.32 Å². The second-order valence-electron chi connectivity index (χ2n) is 10.8. The summed E-state index contributed by atoms with van der Waals surface area (Å²) in [5.41, 5.74) is 5.42. The van der Waals surface area contributed by atoms with E-state index in [1.807, 2.05) is 0 Å². The van der Waals surface area contributed by atoms with Gasteiger partial charge in [-0.15, -0.1) is 0 Å². The van der Waals surface area contributed by atoms with Crippen molar-refractivity contribution in [3.8, 4) is 0 Å². The van der Waals surface area contributed by atoms with Crippen LogP contribution in [0.4, 0.5) is 0 Å². The molecule has 1 amide bonds. The number of hydrogen-bond donors (Lipinski definition) is 12. The highest BCUT2D eigenvalue weighted by Gasteiger charge is 2.54. The van der Waals surface area contributed by atoms with Crippen molar-refractivity contribution >= 4 is 5.91 Å². The van der Waals surface area contributed by atoms with E-state index in [-0.39, 0.29) is 25.5 Å². The van der Waals surface area contributed by atoms with E-state index < -0.39 is 112 Å². The van der Waals surface area contributed by atoms with Crippen LogP contribution in [0.25, 0.3) is 0 Å². The van der Waals surface area contributed by atoms with Gasteiger partial charge in [-0.3, -0.25) is 4.79 Å². The van der Waals surface area contributed by atoms with Gasteiger partial charge in [0, 0.05) is 13.0 Å². The molecule has 13 N–H and O–H groups in total. The third-order valence-corrected chi connectivity index (χ3v) is 7.64. The average Bonchev–Trinajstić information content (AvgIpc) is 3.01. The molecule has 3 saturated heterocycles. The van der Waals surface area contributed by atoms with Crippen LogP contribution < -0.4 is 11.1 Å². The number of hydrogen-bond acceptors (Lipinski definition) is 18. The number of ether oxygens (including phenoxy) is 6. The van der Waals surface area contributed by atoms with Crippen molar-refractivity contribution in [3.05, 3.63) is 0 Å². The maximum absolute atomic E-state index is 12.0. The van der Waals surface area contributed by atoms with Crippen molar-refractivity contribution in [2.45, 2.75) is 111 Å². The van der Waals surface area contributed by atoms with E-state index in [1.165, 1.54) is 0 Å². The number of nitrogens with two attached hydrogens (primary N) is 1. The van der Waals surface area contributed by atoms with E-state index in [1.54, 1.807) is 0 Å². The summed E-state index contributed by atoms with van der Waals surface area (Å²) >= 11 is 0. The Morgan fingerprint density at radius 2 is 1.11 bits per heavy atom. The van der Waals surface area contributed by atoms with Gasteiger partial charge in [0.05, 0.1) is 26.4 Å². The van der Waals surface area contributed by atoms with Crippen LogP contribution in [0.3, 0.4) is 0 Å². The van der Waals surface area contributed by atoms with Crippen molar-refractivity contribution in [1.29, 1.82) is 0 Å². The van der Waals surface area contributed by atoms with Gasteiger partial charge in [0.1, 0.15) is 73.2 Å². The molecule has 19 heteroatoms. The first kappa shape index (κ1) is 37.2. The first-order valence-corrected chi connectivity index (χ1v) is 14.4. The van der Waals surface area contributed by atoms with E-state index in [4.69, 9.17) is 34.2 Å². The average molecular weight is 647 g/mol. The summed E-state index contributed by atoms with van der Waals surface area (Å²) in [5.74, 6) is -0.255. The molecule has 3 heterocycles. The topological polar surface area (TPSA) is 313 Å². The zero-order valence-electron chi connectivity index (χ0n) is 23.9. The van der Waals surface area contributed by atoms with Gasteiger partial charge in [0.2, 0.25) is 5.91 Å². The molecule has 0 spiro atoms. The normalized spacial score (nSPS) is 43.1. The largest absolute Gasteiger partial charge is 0.394 e. The zero-order valence-corrected chi connectivity index (χ0v) is 23.9. The molecule has 0 aliphatic carbocycles. The molecule has 0 saturated carbocycles. The van der Waals surface area contributed by atoms with Gasteiger partial charge < -0.3 is 90.5 Å². The SMILES string of the molecule is NCCCCC(=O)NCCO[C@H]1OC(CO)[C@@H](O)C(O)C1O[C@H]1OC(CO)[C@@H](O)C(O)C1O[C@@H]1OC(CO)[C@@H](O)C(O)C1O. The van der Waals surface area contributed by atoms with Crippen LogP contribution in [-0.4, -0.2) is 189 Å². The van der Waals surface area contributed by atoms with Crippen molar-refractivity contribution in [2.75, 3.05) is 39.5 Å². The molecule has 0 aromatic heterocycles. The van der Waals surface area contributed by atoms with Gasteiger partial charge in [-0.2, -0.15) is 0 Å². The predicted molar refractivity (Wildman–Crippen MR) is 141 cm³/mol. The Kier molecular flexibility index (Phi) is 14.9. The van der Waals surface area contributed by atoms with Crippen molar-refractivity contribution in [2.24, 2.45) is 5.73 Å². The number of rotatable bonds is 15. The molecule has 0 radical (unpaired) electrons. The molecular formula is C25H46N2O17. The highest BCUT2D eigenvalue weighted by molar-refractivity contribution is 5.75. The number of carbonyl (C=O) groups is 1. The lowest BCUT2D eigenvalue weighted by Gasteiger charge is -2.48. The fourth-order valence-corrected chi connectivity index (χ4v) is 5.02. The van der Waals surface area contributed by atoms with Crippen LogP contribution in [0.15, 0.2) is 0 Å². The first-order chi connectivity index (χ1) is 21.0. The second kappa shape index (κ2) is 17.6. The third-order valence-electron chi connectivity index (χ3n) is 7.64. The highest BCUT2D eigenvalue weighted by atomic mass is 16.8. The summed E-state index contributed by atoms with van der Waals surface area (Å²) < 4.78 is 33.6. The lowest BCUT2D eigenvalue weighted by molar-refractivity contribution is -0.393. The monoisotopic (exact) mass is 646 g/mol. The maximum Gasteiger partial charge on any atom is 0.220 e. The van der Waals surface area contributed by atoms with Gasteiger partial charge in [0.25, 0.3) is 0 Å². The predicted octanol–water partition coefficient (Wildman–Crippen LogP) is -7.30. The standard InChI is InChI=1S/C25H46N2O17/c26-4-2-1-3-13(31)27-5-6-39-24-21(18(36)15(33)11(8-29)41-24)44-25-22(19(37)16(34)12(9-30)42-25)43-23-20(38)17(35)14(32)10(7-28)40-23/h10-12,14-25,28-30,32-38H,1-9,26H2,(H,27,31)/t10?,11?,12?,14-,15-,16-,17?,18?,19?,20?,21?,22?,23+,24+,25-/m1/s1. The Hall–Kier alpha value is -1.21. The minimum Gasteiger partial charge on any atom is -0.394 e. The molecule has 3 fully saturated rings. The Morgan fingerprint density at radius 1 is 0.636 bits per heavy atom. The second-order valence-corrected chi connectivity index (χ2v) is 10.8. The molecule has 3 aliphatic heterocycles. The number of carbonyl (C=O) groups excluding carboxylic acids is 1. The number of unbranched alkanes of at least 4 members (excludes halogenated alkanes) is 1. The summed E-state index contributed by atoms with van der Waals surface area (Å²) in [6.07, 6.45) is -23.8. The molecule has 0 aromatic carbocycles. The Morgan fingerprint density at radius 3 is 1.66 bits per heavy atom. The van der Waals surface area contributed by atoms with Crippen LogP contribution in [0.1, 0.15) is 19.3 Å². The number of amides is 1. The Bertz CT molecular complexity index is 859. The number of aliphatic hydroxyl groups excluding tert-OH is 10. The van der Waals surface area contributed by atoms with Gasteiger partial charge in [-0.05, 0) is 19.4 Å². The summed E-state index contributed by atoms with van der Waals surface area (Å²) in [6.45, 7) is -2.03. The summed E-state index contributed by atoms with van der Waals surface area (Å²) in [6, 6.07) is 0. The lowest BCUT2D eigenvalue weighted by atomic mass is 9.96. The number of aliphatic hydroxyl groups is 10. The summed E-state index contributed by atoms with van der Waals surface area (Å²) in [7, 11) is 0. The quantitative estimate of drug-likeness (QED) is 0.0735. The molecule has 44 heavy (non-hydrogen) atoms. The van der Waals surface area contributed by atoms with Gasteiger partial charge in [-0.1, -0.05) is 0 Å². The Balaban J connectivity index is 1.77. The molecule has 0 aromatic rings. The molecule has 15 atom stereocenters. The van der Waals surface area contributed by atoms with Crippen LogP contribution in [0.5, 0.6) is 0 Å². The van der Waals surface area contributed by atoms with Crippen LogP contribution in [0.2, 0.25) is 0 Å². The van der Waals surface area contributed by atoms with E-state index >= 15 is 0 Å². The molecule has 0 bridgehead atoms. The molecule has 9 unspecified atom stereocenters. The Labute approximate surface area is 252 Å². The zero-order chi connectivity index (χ0) is 32.6. The first-order valence-electron chi connectivity index (χ1n) is 14.4. The minimum atomic E-state index is -1.91. The maximum atomic E-state index is 12.0. The van der Waals surface area contributed by atoms with E-state index in [9.17, 15) is 55.9 Å². The molecule has 3 aliphatic rings. The third kappa shape index (κ3) is 8.98. The van der Waals surface area contributed by atoms with Crippen molar-refractivity contribution < 1.29 is 84.3 Å². The lowest BCUT2D eigenvalue weighted by Crippen LogP contribution is -2.67. The minimum absolute atomic E-state index is 0.0107. The highest BCUT2D eigenvalue weighted by Crippen LogP contribution is 2.33. The van der Waals surface area contributed by atoms with Gasteiger partial charge in [-0.25, -0.2) is 0 Å². The van der Waals surface area contributed by atoms with Crippen LogP contribution in [-0.2, 0) is 33.2 Å².